The lowest BCUT2D eigenvalue weighted by molar-refractivity contribution is 0.253. The lowest BCUT2D eigenvalue weighted by Gasteiger charge is -2.25. The SMILES string of the molecule is CC(c1ccc(S(C)=O)cc1)N(C)Cc1ccc2cn[nH]c2c1. The average molecular weight is 327 g/mol. The number of fused-ring (bicyclic) bond motifs is 1. The number of benzene rings is 2. The van der Waals surface area contributed by atoms with Gasteiger partial charge in [0.2, 0.25) is 0 Å². The van der Waals surface area contributed by atoms with Crippen LogP contribution in [0.1, 0.15) is 24.1 Å². The second-order valence-electron chi connectivity index (χ2n) is 5.91. The molecule has 1 aromatic heterocycles. The van der Waals surface area contributed by atoms with Crippen LogP contribution in [0.15, 0.2) is 53.6 Å². The Morgan fingerprint density at radius 3 is 2.65 bits per heavy atom. The second kappa shape index (κ2) is 6.64. The Morgan fingerprint density at radius 1 is 1.22 bits per heavy atom. The highest BCUT2D eigenvalue weighted by Gasteiger charge is 2.13. The van der Waals surface area contributed by atoms with Gasteiger partial charge in [0.25, 0.3) is 0 Å². The molecule has 0 spiro atoms. The number of aromatic amines is 1. The van der Waals surface area contributed by atoms with Gasteiger partial charge in [-0.3, -0.25) is 14.2 Å². The fraction of sp³-hybridized carbons (Fsp3) is 0.278. The third kappa shape index (κ3) is 3.51. The van der Waals surface area contributed by atoms with Crippen molar-refractivity contribution in [3.8, 4) is 0 Å². The molecule has 1 heterocycles. The van der Waals surface area contributed by atoms with Crippen LogP contribution in [0, 0.1) is 0 Å². The molecule has 0 fully saturated rings. The molecule has 0 aliphatic carbocycles. The molecule has 23 heavy (non-hydrogen) atoms. The molecule has 3 rings (SSSR count). The Kier molecular flexibility index (Phi) is 4.59. The fourth-order valence-corrected chi connectivity index (χ4v) is 3.22. The number of H-pyrrole nitrogens is 1. The number of rotatable bonds is 5. The van der Waals surface area contributed by atoms with Gasteiger partial charge in [0.15, 0.2) is 0 Å². The van der Waals surface area contributed by atoms with Crippen LogP contribution in [0.3, 0.4) is 0 Å². The van der Waals surface area contributed by atoms with E-state index in [1.165, 1.54) is 11.1 Å². The zero-order valence-electron chi connectivity index (χ0n) is 13.6. The maximum absolute atomic E-state index is 11.5. The number of hydrogen-bond donors (Lipinski definition) is 1. The summed E-state index contributed by atoms with van der Waals surface area (Å²) in [5.41, 5.74) is 3.55. The minimum absolute atomic E-state index is 0.284. The molecule has 1 N–H and O–H groups in total. The Hall–Kier alpha value is -1.98. The fourth-order valence-electron chi connectivity index (χ4n) is 2.70. The molecule has 0 radical (unpaired) electrons. The van der Waals surface area contributed by atoms with E-state index in [0.717, 1.165) is 22.3 Å². The maximum Gasteiger partial charge on any atom is 0.0653 e. The summed E-state index contributed by atoms with van der Waals surface area (Å²) in [7, 11) is 1.19. The molecular formula is C18H21N3OS. The van der Waals surface area contributed by atoms with E-state index in [4.69, 9.17) is 0 Å². The van der Waals surface area contributed by atoms with E-state index < -0.39 is 10.8 Å². The first-order valence-corrected chi connectivity index (χ1v) is 9.16. The van der Waals surface area contributed by atoms with E-state index in [-0.39, 0.29) is 6.04 Å². The zero-order chi connectivity index (χ0) is 16.4. The van der Waals surface area contributed by atoms with E-state index in [1.54, 1.807) is 6.26 Å². The largest absolute Gasteiger partial charge is 0.295 e. The molecule has 2 atom stereocenters. The summed E-state index contributed by atoms with van der Waals surface area (Å²) in [6, 6.07) is 14.7. The summed E-state index contributed by atoms with van der Waals surface area (Å²) in [6.45, 7) is 3.05. The van der Waals surface area contributed by atoms with E-state index in [0.29, 0.717) is 0 Å². The first-order chi connectivity index (χ1) is 11.0. The minimum Gasteiger partial charge on any atom is -0.295 e. The van der Waals surface area contributed by atoms with Gasteiger partial charge >= 0.3 is 0 Å². The monoisotopic (exact) mass is 327 g/mol. The summed E-state index contributed by atoms with van der Waals surface area (Å²) in [5.74, 6) is 0. The molecule has 0 aliphatic heterocycles. The molecule has 5 heteroatoms. The highest BCUT2D eigenvalue weighted by Crippen LogP contribution is 2.23. The normalized spacial score (nSPS) is 14.3. The third-order valence-electron chi connectivity index (χ3n) is 4.29. The number of nitrogens with zero attached hydrogens (tertiary/aromatic N) is 2. The molecule has 2 aromatic carbocycles. The van der Waals surface area contributed by atoms with Crippen molar-refractivity contribution in [1.29, 1.82) is 0 Å². The van der Waals surface area contributed by atoms with Gasteiger partial charge in [-0.1, -0.05) is 24.3 Å². The Balaban J connectivity index is 1.73. The molecule has 0 amide bonds. The van der Waals surface area contributed by atoms with Gasteiger partial charge < -0.3 is 0 Å². The Bertz CT molecular complexity index is 826. The smallest absolute Gasteiger partial charge is 0.0653 e. The van der Waals surface area contributed by atoms with Crippen molar-refractivity contribution in [2.24, 2.45) is 0 Å². The van der Waals surface area contributed by atoms with Crippen molar-refractivity contribution in [3.05, 3.63) is 59.8 Å². The highest BCUT2D eigenvalue weighted by molar-refractivity contribution is 7.84. The molecule has 0 saturated heterocycles. The van der Waals surface area contributed by atoms with Crippen molar-refractivity contribution in [1.82, 2.24) is 15.1 Å². The Labute approximate surface area is 139 Å². The van der Waals surface area contributed by atoms with Crippen molar-refractivity contribution < 1.29 is 4.21 Å². The quantitative estimate of drug-likeness (QED) is 0.780. The summed E-state index contributed by atoms with van der Waals surface area (Å²) >= 11 is 0. The van der Waals surface area contributed by atoms with Crippen LogP contribution in [0.4, 0.5) is 0 Å². The van der Waals surface area contributed by atoms with Crippen molar-refractivity contribution >= 4 is 21.7 Å². The van der Waals surface area contributed by atoms with Crippen LogP contribution in [-0.4, -0.2) is 32.6 Å². The third-order valence-corrected chi connectivity index (χ3v) is 5.23. The predicted octanol–water partition coefficient (Wildman–Crippen LogP) is 3.49. The van der Waals surface area contributed by atoms with Crippen molar-refractivity contribution in [2.45, 2.75) is 24.4 Å². The van der Waals surface area contributed by atoms with Crippen LogP contribution in [0.25, 0.3) is 10.9 Å². The van der Waals surface area contributed by atoms with Crippen molar-refractivity contribution in [2.75, 3.05) is 13.3 Å². The number of hydrogen-bond acceptors (Lipinski definition) is 3. The summed E-state index contributed by atoms with van der Waals surface area (Å²) in [4.78, 5) is 3.17. The van der Waals surface area contributed by atoms with Crippen LogP contribution in [-0.2, 0) is 17.3 Å². The Morgan fingerprint density at radius 2 is 1.96 bits per heavy atom. The lowest BCUT2D eigenvalue weighted by atomic mass is 10.1. The van der Waals surface area contributed by atoms with Gasteiger partial charge in [-0.25, -0.2) is 0 Å². The summed E-state index contributed by atoms with van der Waals surface area (Å²) in [6.07, 6.45) is 3.54. The average Bonchev–Trinajstić information content (AvgIpc) is 3.01. The zero-order valence-corrected chi connectivity index (χ0v) is 14.4. The molecule has 4 nitrogen and oxygen atoms in total. The van der Waals surface area contributed by atoms with Gasteiger partial charge in [-0.2, -0.15) is 5.10 Å². The maximum atomic E-state index is 11.5. The van der Waals surface area contributed by atoms with Crippen LogP contribution in [0.2, 0.25) is 0 Å². The van der Waals surface area contributed by atoms with Crippen LogP contribution in [0.5, 0.6) is 0 Å². The first kappa shape index (κ1) is 15.9. The van der Waals surface area contributed by atoms with Crippen molar-refractivity contribution in [3.63, 3.8) is 0 Å². The summed E-state index contributed by atoms with van der Waals surface area (Å²) in [5, 5.41) is 8.21. The van der Waals surface area contributed by atoms with E-state index >= 15 is 0 Å². The topological polar surface area (TPSA) is 49.0 Å². The molecule has 0 aliphatic rings. The highest BCUT2D eigenvalue weighted by atomic mass is 32.2. The second-order valence-corrected chi connectivity index (χ2v) is 7.29. The van der Waals surface area contributed by atoms with Gasteiger partial charge in [-0.05, 0) is 43.3 Å². The van der Waals surface area contributed by atoms with Crippen LogP contribution < -0.4 is 0 Å². The van der Waals surface area contributed by atoms with Gasteiger partial charge in [-0.15, -0.1) is 0 Å². The van der Waals surface area contributed by atoms with Gasteiger partial charge in [0.05, 0.1) is 11.7 Å². The number of aromatic nitrogens is 2. The number of nitrogens with one attached hydrogen (secondary N) is 1. The molecule has 3 aromatic rings. The van der Waals surface area contributed by atoms with Gasteiger partial charge in [0.1, 0.15) is 0 Å². The minimum atomic E-state index is -0.925. The molecular weight excluding hydrogens is 306 g/mol. The summed E-state index contributed by atoms with van der Waals surface area (Å²) < 4.78 is 11.5. The standard InChI is InChI=1S/C18H21N3OS/c1-13(15-6-8-17(9-7-15)23(3)22)21(2)12-14-4-5-16-11-19-20-18(16)10-14/h4-11,13H,12H2,1-3H3,(H,19,20). The molecule has 120 valence electrons. The predicted molar refractivity (Wildman–Crippen MR) is 94.8 cm³/mol. The first-order valence-electron chi connectivity index (χ1n) is 7.60. The molecule has 2 unspecified atom stereocenters. The van der Waals surface area contributed by atoms with E-state index in [2.05, 4.69) is 59.4 Å². The van der Waals surface area contributed by atoms with E-state index in [1.807, 2.05) is 18.3 Å². The molecule has 0 saturated carbocycles. The van der Waals surface area contributed by atoms with Gasteiger partial charge in [0, 0.05) is 39.9 Å². The van der Waals surface area contributed by atoms with E-state index in [9.17, 15) is 4.21 Å². The molecule has 0 bridgehead atoms. The lowest BCUT2D eigenvalue weighted by Crippen LogP contribution is -2.21. The van der Waals surface area contributed by atoms with Crippen LogP contribution >= 0.6 is 0 Å².